The lowest BCUT2D eigenvalue weighted by Gasteiger charge is -2.23. The molecule has 8 heteroatoms. The molecule has 2 aromatic heterocycles. The van der Waals surface area contributed by atoms with E-state index in [-0.39, 0.29) is 0 Å². The maximum atomic E-state index is 10.3. The lowest BCUT2D eigenvalue weighted by Crippen LogP contribution is -2.34. The monoisotopic (exact) mass is 323 g/mol. The normalized spacial score (nSPS) is 16.6. The summed E-state index contributed by atoms with van der Waals surface area (Å²) in [6.07, 6.45) is 1.27. The Hall–Kier alpha value is -3.00. The van der Waals surface area contributed by atoms with E-state index in [2.05, 4.69) is 25.4 Å². The molecule has 1 aromatic carbocycles. The number of rotatable bonds is 3. The van der Waals surface area contributed by atoms with Crippen LogP contribution in [0.5, 0.6) is 0 Å². The van der Waals surface area contributed by atoms with Crippen molar-refractivity contribution in [1.82, 2.24) is 19.7 Å². The van der Waals surface area contributed by atoms with E-state index in [4.69, 9.17) is 5.73 Å². The summed E-state index contributed by atoms with van der Waals surface area (Å²) in [5, 5.41) is 18.7. The van der Waals surface area contributed by atoms with Crippen LogP contribution >= 0.6 is 0 Å². The molecule has 0 amide bonds. The number of hydrogen-bond acceptors (Lipinski definition) is 7. The molecule has 1 aliphatic heterocycles. The fraction of sp³-hybridized carbons (Fsp3) is 0.250. The van der Waals surface area contributed by atoms with E-state index in [0.29, 0.717) is 23.7 Å². The van der Waals surface area contributed by atoms with E-state index in [9.17, 15) is 5.11 Å². The number of nitrogens with zero attached hydrogens (tertiary/aromatic N) is 5. The van der Waals surface area contributed by atoms with Gasteiger partial charge in [-0.15, -0.1) is 0 Å². The molecule has 122 valence electrons. The van der Waals surface area contributed by atoms with Crippen LogP contribution in [0.3, 0.4) is 0 Å². The molecule has 4 N–H and O–H groups in total. The third kappa shape index (κ3) is 2.28. The molecule has 1 unspecified atom stereocenters. The first kappa shape index (κ1) is 14.6. The number of aliphatic imine (C=N–C) groups is 1. The minimum Gasteiger partial charge on any atom is -0.383 e. The van der Waals surface area contributed by atoms with Crippen LogP contribution in [0.2, 0.25) is 0 Å². The zero-order chi connectivity index (χ0) is 16.7. The van der Waals surface area contributed by atoms with Gasteiger partial charge >= 0.3 is 0 Å². The second-order valence-electron chi connectivity index (χ2n) is 5.58. The molecule has 1 atom stereocenters. The van der Waals surface area contributed by atoms with Crippen LogP contribution in [-0.4, -0.2) is 36.8 Å². The van der Waals surface area contributed by atoms with Crippen LogP contribution in [0.15, 0.2) is 35.6 Å². The molecule has 0 saturated carbocycles. The molecular formula is C16H17N7O. The second kappa shape index (κ2) is 5.57. The van der Waals surface area contributed by atoms with Gasteiger partial charge in [0.1, 0.15) is 12.1 Å². The Bertz CT molecular complexity index is 947. The van der Waals surface area contributed by atoms with Gasteiger partial charge in [0.15, 0.2) is 11.9 Å². The van der Waals surface area contributed by atoms with Crippen molar-refractivity contribution in [2.45, 2.75) is 26.1 Å². The summed E-state index contributed by atoms with van der Waals surface area (Å²) in [4.78, 5) is 12.9. The molecule has 1 aliphatic rings. The van der Waals surface area contributed by atoms with Gasteiger partial charge in [0.2, 0.25) is 0 Å². The number of aliphatic hydroxyl groups excluding tert-OH is 1. The molecule has 4 rings (SSSR count). The number of nitrogen functional groups attached to an aromatic ring is 1. The van der Waals surface area contributed by atoms with Crippen molar-refractivity contribution < 1.29 is 5.11 Å². The first-order valence-electron chi connectivity index (χ1n) is 7.74. The van der Waals surface area contributed by atoms with Crippen molar-refractivity contribution in [3.63, 3.8) is 0 Å². The molecule has 0 aliphatic carbocycles. The lowest BCUT2D eigenvalue weighted by atomic mass is 10.2. The van der Waals surface area contributed by atoms with Gasteiger partial charge in [-0.1, -0.05) is 19.1 Å². The summed E-state index contributed by atoms with van der Waals surface area (Å²) < 4.78 is 1.71. The Kier molecular flexibility index (Phi) is 3.39. The van der Waals surface area contributed by atoms with Gasteiger partial charge < -0.3 is 16.2 Å². The minimum atomic E-state index is -0.872. The lowest BCUT2D eigenvalue weighted by molar-refractivity contribution is 0.265. The molecule has 24 heavy (non-hydrogen) atoms. The fourth-order valence-corrected chi connectivity index (χ4v) is 2.88. The average Bonchev–Trinajstić information content (AvgIpc) is 2.95. The second-order valence-corrected chi connectivity index (χ2v) is 5.58. The predicted octanol–water partition coefficient (Wildman–Crippen LogP) is 1.49. The summed E-state index contributed by atoms with van der Waals surface area (Å²) in [7, 11) is 0. The minimum absolute atomic E-state index is 0.315. The molecule has 0 fully saturated rings. The van der Waals surface area contributed by atoms with Crippen molar-refractivity contribution in [3.05, 3.63) is 36.3 Å². The van der Waals surface area contributed by atoms with E-state index in [1.807, 2.05) is 31.2 Å². The number of nitrogens with two attached hydrogens (primary N) is 1. The molecule has 3 heterocycles. The number of benzene rings is 1. The number of para-hydroxylation sites is 2. The molecule has 0 saturated heterocycles. The van der Waals surface area contributed by atoms with E-state index in [0.717, 1.165) is 28.9 Å². The number of nitrogens with one attached hydrogen (secondary N) is 1. The Morgan fingerprint density at radius 1 is 1.29 bits per heavy atom. The van der Waals surface area contributed by atoms with Crippen molar-refractivity contribution in [2.75, 3.05) is 11.1 Å². The largest absolute Gasteiger partial charge is 0.383 e. The third-order valence-electron chi connectivity index (χ3n) is 4.05. The molecule has 8 nitrogen and oxygen atoms in total. The highest BCUT2D eigenvalue weighted by Gasteiger charge is 2.22. The number of aliphatic hydroxyl groups is 1. The number of hydrogen-bond donors (Lipinski definition) is 3. The van der Waals surface area contributed by atoms with Crippen LogP contribution in [0.25, 0.3) is 11.0 Å². The highest BCUT2D eigenvalue weighted by atomic mass is 16.3. The first-order chi connectivity index (χ1) is 11.7. The number of anilines is 2. The maximum absolute atomic E-state index is 10.3. The van der Waals surface area contributed by atoms with Gasteiger partial charge in [-0.2, -0.15) is 5.10 Å². The quantitative estimate of drug-likeness (QED) is 0.673. The van der Waals surface area contributed by atoms with Crippen molar-refractivity contribution in [2.24, 2.45) is 4.99 Å². The average molecular weight is 323 g/mol. The van der Waals surface area contributed by atoms with Gasteiger partial charge in [0.25, 0.3) is 0 Å². The number of aromatic nitrogens is 4. The van der Waals surface area contributed by atoms with Gasteiger partial charge in [-0.25, -0.2) is 19.6 Å². The number of fused-ring (bicyclic) bond motifs is 2. The van der Waals surface area contributed by atoms with E-state index in [1.54, 1.807) is 4.68 Å². The summed E-state index contributed by atoms with van der Waals surface area (Å²) in [6, 6.07) is 7.58. The Morgan fingerprint density at radius 2 is 2.12 bits per heavy atom. The van der Waals surface area contributed by atoms with Crippen LogP contribution < -0.4 is 11.1 Å². The maximum Gasteiger partial charge on any atom is 0.166 e. The van der Waals surface area contributed by atoms with E-state index >= 15 is 0 Å². The van der Waals surface area contributed by atoms with E-state index in [1.165, 1.54) is 6.33 Å². The summed E-state index contributed by atoms with van der Waals surface area (Å²) >= 11 is 0. The smallest absolute Gasteiger partial charge is 0.166 e. The molecular weight excluding hydrogens is 306 g/mol. The van der Waals surface area contributed by atoms with Crippen LogP contribution in [0.1, 0.15) is 12.6 Å². The van der Waals surface area contributed by atoms with Crippen molar-refractivity contribution in [3.8, 4) is 0 Å². The van der Waals surface area contributed by atoms with Crippen LogP contribution in [-0.2, 0) is 13.0 Å². The van der Waals surface area contributed by atoms with Gasteiger partial charge in [-0.3, -0.25) is 0 Å². The predicted molar refractivity (Wildman–Crippen MR) is 92.3 cm³/mol. The van der Waals surface area contributed by atoms with Crippen molar-refractivity contribution in [1.29, 1.82) is 0 Å². The van der Waals surface area contributed by atoms with Gasteiger partial charge in [0, 0.05) is 0 Å². The standard InChI is InChI=1S/C16H17N7O/c1-2-9-13-14(17)18-8-19-15(13)23(22-9)7-12-16(24)21-11-6-4-3-5-10(11)20-12/h3-6,8,16,21,24H,2,7H2,1H3,(H2,17,18,19). The SMILES string of the molecule is CCc1nn(CC2=Nc3ccccc3NC2O)c2ncnc(N)c12. The summed E-state index contributed by atoms with van der Waals surface area (Å²) in [6.45, 7) is 2.32. The van der Waals surface area contributed by atoms with Gasteiger partial charge in [-0.05, 0) is 18.6 Å². The topological polar surface area (TPSA) is 114 Å². The highest BCUT2D eigenvalue weighted by molar-refractivity contribution is 5.97. The zero-order valence-corrected chi connectivity index (χ0v) is 13.1. The molecule has 3 aromatic rings. The van der Waals surface area contributed by atoms with Crippen LogP contribution in [0.4, 0.5) is 17.2 Å². The Morgan fingerprint density at radius 3 is 2.96 bits per heavy atom. The summed E-state index contributed by atoms with van der Waals surface area (Å²) in [5.74, 6) is 0.415. The molecule has 0 radical (unpaired) electrons. The zero-order valence-electron chi connectivity index (χ0n) is 13.1. The van der Waals surface area contributed by atoms with Crippen LogP contribution in [0, 0.1) is 0 Å². The fourth-order valence-electron chi connectivity index (χ4n) is 2.88. The third-order valence-corrected chi connectivity index (χ3v) is 4.05. The van der Waals surface area contributed by atoms with Crippen molar-refractivity contribution >= 4 is 33.9 Å². The Balaban J connectivity index is 1.78. The van der Waals surface area contributed by atoms with Gasteiger partial charge in [0.05, 0.1) is 34.7 Å². The first-order valence-corrected chi connectivity index (χ1v) is 7.74. The molecule has 0 spiro atoms. The summed E-state index contributed by atoms with van der Waals surface area (Å²) in [5.41, 5.74) is 9.62. The number of aryl methyl sites for hydroxylation is 1. The van der Waals surface area contributed by atoms with E-state index < -0.39 is 6.23 Å². The highest BCUT2D eigenvalue weighted by Crippen LogP contribution is 2.29. The Labute approximate surface area is 138 Å². The molecule has 0 bridgehead atoms.